The predicted octanol–water partition coefficient (Wildman–Crippen LogP) is 6.00. The number of ether oxygens (including phenoxy) is 4. The first-order valence-corrected chi connectivity index (χ1v) is 14.5. The highest BCUT2D eigenvalue weighted by atomic mass is 32.2. The van der Waals surface area contributed by atoms with Crippen LogP contribution >= 0.6 is 35.7 Å². The van der Waals surface area contributed by atoms with E-state index in [-0.39, 0.29) is 28.9 Å². The van der Waals surface area contributed by atoms with E-state index in [4.69, 9.17) is 31.2 Å². The van der Waals surface area contributed by atoms with Gasteiger partial charge in [-0.3, -0.25) is 9.69 Å². The SMILES string of the molecule is CCOC(=O)C1=C(C(=O)OCC)SC(=C2C(=S)C(C)(C)N(C(=O)c3ccc(OC)cc3)c3ccc(OC)cc32)S1. The number of benzene rings is 2. The Morgan fingerprint density at radius 1 is 0.850 bits per heavy atom. The van der Waals surface area contributed by atoms with Gasteiger partial charge in [0.05, 0.1) is 47.8 Å². The van der Waals surface area contributed by atoms with Gasteiger partial charge < -0.3 is 18.9 Å². The predicted molar refractivity (Wildman–Crippen MR) is 162 cm³/mol. The van der Waals surface area contributed by atoms with E-state index in [1.54, 1.807) is 69.4 Å². The van der Waals surface area contributed by atoms with Crippen molar-refractivity contribution in [3.63, 3.8) is 0 Å². The number of carbonyl (C=O) groups is 3. The van der Waals surface area contributed by atoms with E-state index < -0.39 is 17.5 Å². The Balaban J connectivity index is 1.89. The number of esters is 2. The zero-order chi connectivity index (χ0) is 29.2. The summed E-state index contributed by atoms with van der Waals surface area (Å²) in [6, 6.07) is 12.3. The van der Waals surface area contributed by atoms with E-state index in [1.807, 2.05) is 19.9 Å². The summed E-state index contributed by atoms with van der Waals surface area (Å²) in [6.07, 6.45) is 0. The highest BCUT2D eigenvalue weighted by molar-refractivity contribution is 8.29. The van der Waals surface area contributed by atoms with Crippen LogP contribution in [0.5, 0.6) is 11.5 Å². The second kappa shape index (κ2) is 12.1. The van der Waals surface area contributed by atoms with E-state index >= 15 is 0 Å². The molecule has 2 heterocycles. The van der Waals surface area contributed by atoms with Crippen molar-refractivity contribution >= 4 is 69.7 Å². The molecular formula is C29H29NO7S3. The van der Waals surface area contributed by atoms with E-state index in [9.17, 15) is 14.4 Å². The average molecular weight is 600 g/mol. The fourth-order valence-corrected chi connectivity index (χ4v) is 7.34. The molecule has 210 valence electrons. The molecule has 0 unspecified atom stereocenters. The van der Waals surface area contributed by atoms with Gasteiger partial charge in [0.1, 0.15) is 21.3 Å². The molecule has 11 heteroatoms. The van der Waals surface area contributed by atoms with Crippen LogP contribution in [0.2, 0.25) is 0 Å². The fraction of sp³-hybridized carbons (Fsp3) is 0.310. The standard InChI is InChI=1S/C29H29NO7S3/c1-7-36-26(32)22-23(27(33)37-8-2)40-28(39-22)21-19-15-18(35-6)13-14-20(19)30(29(3,4)24(21)38)25(31)16-9-11-17(34-5)12-10-16/h9-15H,7-8H2,1-6H3. The van der Waals surface area contributed by atoms with E-state index in [0.29, 0.717) is 43.0 Å². The molecule has 0 spiro atoms. The maximum Gasteiger partial charge on any atom is 0.346 e. The Morgan fingerprint density at radius 3 is 1.88 bits per heavy atom. The van der Waals surface area contributed by atoms with Crippen LogP contribution in [0.15, 0.2) is 56.5 Å². The minimum atomic E-state index is -0.950. The molecule has 0 saturated carbocycles. The molecule has 0 aromatic heterocycles. The average Bonchev–Trinajstić information content (AvgIpc) is 3.39. The lowest BCUT2D eigenvalue weighted by Crippen LogP contribution is -2.56. The van der Waals surface area contributed by atoms with Gasteiger partial charge >= 0.3 is 11.9 Å². The molecule has 2 aromatic rings. The molecule has 0 N–H and O–H groups in total. The van der Waals surface area contributed by atoms with E-state index in [0.717, 1.165) is 23.5 Å². The number of amides is 1. The maximum atomic E-state index is 14.0. The monoisotopic (exact) mass is 599 g/mol. The first kappa shape index (κ1) is 29.7. The first-order valence-electron chi connectivity index (χ1n) is 12.5. The Hall–Kier alpha value is -3.28. The van der Waals surface area contributed by atoms with Crippen molar-refractivity contribution in [3.8, 4) is 11.5 Å². The zero-order valence-electron chi connectivity index (χ0n) is 23.0. The van der Waals surface area contributed by atoms with Crippen LogP contribution in [0, 0.1) is 0 Å². The minimum absolute atomic E-state index is 0.148. The van der Waals surface area contributed by atoms with Gasteiger partial charge in [-0.25, -0.2) is 9.59 Å². The second-order valence-electron chi connectivity index (χ2n) is 9.11. The van der Waals surface area contributed by atoms with Gasteiger partial charge in [0.15, 0.2) is 0 Å². The highest BCUT2D eigenvalue weighted by Gasteiger charge is 2.46. The molecule has 0 fully saturated rings. The molecule has 2 aromatic carbocycles. The van der Waals surface area contributed by atoms with Crippen molar-refractivity contribution in [1.29, 1.82) is 0 Å². The van der Waals surface area contributed by atoms with Gasteiger partial charge in [-0.1, -0.05) is 35.7 Å². The van der Waals surface area contributed by atoms with Crippen molar-refractivity contribution in [2.24, 2.45) is 0 Å². The van der Waals surface area contributed by atoms with Gasteiger partial charge in [-0.15, -0.1) is 0 Å². The third-order valence-corrected chi connectivity index (χ3v) is 9.58. The number of thioether (sulfide) groups is 2. The number of hydrogen-bond donors (Lipinski definition) is 0. The van der Waals surface area contributed by atoms with Crippen molar-refractivity contribution in [2.75, 3.05) is 32.3 Å². The van der Waals surface area contributed by atoms with Crippen LogP contribution in [-0.4, -0.2) is 55.7 Å². The number of nitrogens with zero attached hydrogens (tertiary/aromatic N) is 1. The molecule has 0 aliphatic carbocycles. The number of anilines is 1. The quantitative estimate of drug-likeness (QED) is 0.214. The van der Waals surface area contributed by atoms with Crippen molar-refractivity contribution in [3.05, 3.63) is 67.6 Å². The lowest BCUT2D eigenvalue weighted by atomic mass is 9.82. The Bertz CT molecular complexity index is 1410. The number of carbonyl (C=O) groups excluding carboxylic acids is 3. The zero-order valence-corrected chi connectivity index (χ0v) is 25.4. The minimum Gasteiger partial charge on any atom is -0.497 e. The fourth-order valence-electron chi connectivity index (χ4n) is 4.36. The van der Waals surface area contributed by atoms with Gasteiger partial charge in [0, 0.05) is 16.7 Å². The Morgan fingerprint density at radius 2 is 1.38 bits per heavy atom. The molecule has 0 saturated heterocycles. The lowest BCUT2D eigenvalue weighted by molar-refractivity contribution is -0.140. The largest absolute Gasteiger partial charge is 0.497 e. The summed E-state index contributed by atoms with van der Waals surface area (Å²) in [5, 5.41) is 0. The van der Waals surface area contributed by atoms with Crippen molar-refractivity contribution < 1.29 is 33.3 Å². The first-order chi connectivity index (χ1) is 19.1. The third-order valence-electron chi connectivity index (χ3n) is 6.32. The van der Waals surface area contributed by atoms with Gasteiger partial charge in [-0.2, -0.15) is 0 Å². The molecule has 0 radical (unpaired) electrons. The molecule has 2 aliphatic rings. The lowest BCUT2D eigenvalue weighted by Gasteiger charge is -2.45. The normalized spacial score (nSPS) is 16.1. The van der Waals surface area contributed by atoms with Crippen LogP contribution in [0.4, 0.5) is 5.69 Å². The number of rotatable bonds is 7. The van der Waals surface area contributed by atoms with Crippen molar-refractivity contribution in [1.82, 2.24) is 0 Å². The molecule has 4 rings (SSSR count). The maximum absolute atomic E-state index is 14.0. The van der Waals surface area contributed by atoms with Crippen LogP contribution in [0.1, 0.15) is 43.6 Å². The Kier molecular flexibility index (Phi) is 8.96. The highest BCUT2D eigenvalue weighted by Crippen LogP contribution is 2.56. The number of thiocarbonyl (C=S) groups is 1. The van der Waals surface area contributed by atoms with Crippen molar-refractivity contribution in [2.45, 2.75) is 33.2 Å². The molecule has 0 bridgehead atoms. The molecular weight excluding hydrogens is 571 g/mol. The third kappa shape index (κ3) is 5.37. The van der Waals surface area contributed by atoms with Crippen LogP contribution in [0.3, 0.4) is 0 Å². The molecule has 40 heavy (non-hydrogen) atoms. The summed E-state index contributed by atoms with van der Waals surface area (Å²) in [7, 11) is 3.12. The Labute approximate surface area is 247 Å². The van der Waals surface area contributed by atoms with Crippen LogP contribution in [0.25, 0.3) is 5.57 Å². The summed E-state index contributed by atoms with van der Waals surface area (Å²) in [5.41, 5.74) is 1.42. The topological polar surface area (TPSA) is 91.4 Å². The summed E-state index contributed by atoms with van der Waals surface area (Å²) >= 11 is 8.30. The summed E-state index contributed by atoms with van der Waals surface area (Å²) < 4.78 is 21.8. The molecule has 1 amide bonds. The van der Waals surface area contributed by atoms with E-state index in [1.165, 1.54) is 0 Å². The van der Waals surface area contributed by atoms with Gasteiger partial charge in [-0.05, 0) is 70.2 Å². The van der Waals surface area contributed by atoms with E-state index in [2.05, 4.69) is 0 Å². The smallest absolute Gasteiger partial charge is 0.346 e. The number of methoxy groups -OCH3 is 2. The second-order valence-corrected chi connectivity index (χ2v) is 11.8. The summed E-state index contributed by atoms with van der Waals surface area (Å²) in [5.74, 6) is -0.258. The molecule has 2 aliphatic heterocycles. The summed E-state index contributed by atoms with van der Waals surface area (Å²) in [4.78, 5) is 42.1. The molecule has 8 nitrogen and oxygen atoms in total. The number of hydrogen-bond acceptors (Lipinski definition) is 10. The molecule has 0 atom stereocenters. The summed E-state index contributed by atoms with van der Waals surface area (Å²) in [6.45, 7) is 7.46. The van der Waals surface area contributed by atoms with Gasteiger partial charge in [0.2, 0.25) is 0 Å². The number of fused-ring (bicyclic) bond motifs is 1. The van der Waals surface area contributed by atoms with Crippen LogP contribution in [-0.2, 0) is 19.1 Å². The van der Waals surface area contributed by atoms with Crippen LogP contribution < -0.4 is 14.4 Å². The van der Waals surface area contributed by atoms with Gasteiger partial charge in [0.25, 0.3) is 5.91 Å².